The number of amides is 1. The number of anilines is 1. The van der Waals surface area contributed by atoms with Crippen molar-refractivity contribution in [3.05, 3.63) is 58.3 Å². The van der Waals surface area contributed by atoms with Gasteiger partial charge in [-0.3, -0.25) is 19.1 Å². The van der Waals surface area contributed by atoms with E-state index < -0.39 is 11.4 Å². The Kier molecular flexibility index (Phi) is 2.63. The molecule has 0 saturated heterocycles. The third-order valence-corrected chi connectivity index (χ3v) is 3.00. The van der Waals surface area contributed by atoms with Gasteiger partial charge >= 0.3 is 0 Å². The molecule has 19 heavy (non-hydrogen) atoms. The number of fused-ring (bicyclic) bond motifs is 1. The molecule has 0 atom stereocenters. The number of hydrogen-bond acceptors (Lipinski definition) is 3. The first kappa shape index (κ1) is 11.6. The van der Waals surface area contributed by atoms with E-state index in [1.807, 2.05) is 30.3 Å². The molecule has 3 rings (SSSR count). The van der Waals surface area contributed by atoms with Crippen LogP contribution in [0.1, 0.15) is 5.56 Å². The summed E-state index contributed by atoms with van der Waals surface area (Å²) in [6.45, 7) is 0.156. The maximum absolute atomic E-state index is 13.1. The summed E-state index contributed by atoms with van der Waals surface area (Å²) in [4.78, 5) is 28.7. The molecule has 2 aromatic rings. The van der Waals surface area contributed by atoms with Gasteiger partial charge in [0, 0.05) is 0 Å². The lowest BCUT2D eigenvalue weighted by Gasteiger charge is -2.14. The molecule has 5 nitrogen and oxygen atoms in total. The first-order chi connectivity index (χ1) is 9.16. The largest absolute Gasteiger partial charge is 0.291 e. The molecule has 0 fully saturated rings. The number of rotatable bonds is 2. The second-order valence-electron chi connectivity index (χ2n) is 4.26. The standard InChI is InChI=1S/C13H10FN3O2/c14-10-6-15-13-16(7-9-4-2-1-3-5-9)11(18)8-17(13)12(10)19/h1-6H,7-8H2. The zero-order valence-electron chi connectivity index (χ0n) is 9.91. The van der Waals surface area contributed by atoms with Crippen LogP contribution in [-0.4, -0.2) is 15.5 Å². The van der Waals surface area contributed by atoms with Gasteiger partial charge in [-0.15, -0.1) is 0 Å². The fourth-order valence-corrected chi connectivity index (χ4v) is 2.07. The van der Waals surface area contributed by atoms with Gasteiger partial charge in [0.05, 0.1) is 12.7 Å². The number of hydrogen-bond donors (Lipinski definition) is 0. The van der Waals surface area contributed by atoms with Crippen LogP contribution < -0.4 is 10.5 Å². The van der Waals surface area contributed by atoms with Crippen LogP contribution in [0.3, 0.4) is 0 Å². The molecule has 2 heterocycles. The molecule has 0 spiro atoms. The Morgan fingerprint density at radius 1 is 1.21 bits per heavy atom. The predicted molar refractivity (Wildman–Crippen MR) is 66.1 cm³/mol. The Morgan fingerprint density at radius 2 is 1.95 bits per heavy atom. The minimum Gasteiger partial charge on any atom is -0.276 e. The lowest BCUT2D eigenvalue weighted by molar-refractivity contribution is -0.118. The quantitative estimate of drug-likeness (QED) is 0.806. The monoisotopic (exact) mass is 259 g/mol. The summed E-state index contributed by atoms with van der Waals surface area (Å²) >= 11 is 0. The van der Waals surface area contributed by atoms with Crippen molar-refractivity contribution in [2.75, 3.05) is 4.90 Å². The molecule has 0 N–H and O–H groups in total. The van der Waals surface area contributed by atoms with Crippen LogP contribution in [0.15, 0.2) is 41.3 Å². The molecular weight excluding hydrogens is 249 g/mol. The zero-order chi connectivity index (χ0) is 13.4. The molecule has 1 amide bonds. The highest BCUT2D eigenvalue weighted by molar-refractivity contribution is 5.94. The number of aromatic nitrogens is 2. The topological polar surface area (TPSA) is 55.2 Å². The maximum Gasteiger partial charge on any atom is 0.291 e. The van der Waals surface area contributed by atoms with Crippen LogP contribution in [0, 0.1) is 5.82 Å². The van der Waals surface area contributed by atoms with Gasteiger partial charge in [-0.2, -0.15) is 4.39 Å². The summed E-state index contributed by atoms with van der Waals surface area (Å²) in [6.07, 6.45) is 0.852. The van der Waals surface area contributed by atoms with Crippen LogP contribution in [-0.2, 0) is 17.9 Å². The van der Waals surface area contributed by atoms with Gasteiger partial charge in [-0.25, -0.2) is 4.98 Å². The number of nitrogens with zero attached hydrogens (tertiary/aromatic N) is 3. The van der Waals surface area contributed by atoms with E-state index in [0.29, 0.717) is 6.54 Å². The Hall–Kier alpha value is -2.50. The van der Waals surface area contributed by atoms with Gasteiger partial charge in [-0.1, -0.05) is 30.3 Å². The highest BCUT2D eigenvalue weighted by atomic mass is 19.1. The van der Waals surface area contributed by atoms with E-state index in [-0.39, 0.29) is 18.4 Å². The van der Waals surface area contributed by atoms with Crippen molar-refractivity contribution in [3.63, 3.8) is 0 Å². The van der Waals surface area contributed by atoms with E-state index in [9.17, 15) is 14.0 Å². The normalized spacial score (nSPS) is 13.7. The van der Waals surface area contributed by atoms with Gasteiger partial charge in [-0.05, 0) is 5.56 Å². The van der Waals surface area contributed by atoms with E-state index in [1.54, 1.807) is 0 Å². The fourth-order valence-electron chi connectivity index (χ4n) is 2.07. The van der Waals surface area contributed by atoms with Gasteiger partial charge in [0.15, 0.2) is 0 Å². The lowest BCUT2D eigenvalue weighted by Crippen LogP contribution is -2.26. The molecule has 0 aliphatic carbocycles. The number of halogens is 1. The molecule has 0 unspecified atom stereocenters. The summed E-state index contributed by atoms with van der Waals surface area (Å²) in [6, 6.07) is 9.35. The highest BCUT2D eigenvalue weighted by Gasteiger charge is 2.30. The van der Waals surface area contributed by atoms with Crippen LogP contribution in [0.4, 0.5) is 10.3 Å². The first-order valence-electron chi connectivity index (χ1n) is 5.76. The maximum atomic E-state index is 13.1. The Labute approximate surface area is 107 Å². The van der Waals surface area contributed by atoms with Crippen molar-refractivity contribution in [1.29, 1.82) is 0 Å². The molecule has 6 heteroatoms. The predicted octanol–water partition coefficient (Wildman–Crippen LogP) is 0.929. The van der Waals surface area contributed by atoms with E-state index in [4.69, 9.17) is 0 Å². The number of benzene rings is 1. The van der Waals surface area contributed by atoms with E-state index >= 15 is 0 Å². The van der Waals surface area contributed by atoms with Gasteiger partial charge in [0.2, 0.25) is 17.7 Å². The zero-order valence-corrected chi connectivity index (χ0v) is 9.91. The Bertz CT molecular complexity index is 697. The van der Waals surface area contributed by atoms with E-state index in [1.165, 1.54) is 4.90 Å². The van der Waals surface area contributed by atoms with Gasteiger partial charge in [0.25, 0.3) is 5.56 Å². The molecular formula is C13H10FN3O2. The molecule has 1 aliphatic heterocycles. The molecule has 1 aliphatic rings. The van der Waals surface area contributed by atoms with Crippen LogP contribution in [0.2, 0.25) is 0 Å². The molecule has 0 radical (unpaired) electrons. The van der Waals surface area contributed by atoms with E-state index in [0.717, 1.165) is 16.3 Å². The Balaban J connectivity index is 2.00. The summed E-state index contributed by atoms with van der Waals surface area (Å²) in [5.74, 6) is -1.02. The van der Waals surface area contributed by atoms with Crippen molar-refractivity contribution in [2.24, 2.45) is 0 Å². The van der Waals surface area contributed by atoms with Crippen LogP contribution in [0.25, 0.3) is 0 Å². The number of carbonyl (C=O) groups is 1. The second kappa shape index (κ2) is 4.31. The van der Waals surface area contributed by atoms with Crippen molar-refractivity contribution in [3.8, 4) is 0 Å². The highest BCUT2D eigenvalue weighted by Crippen LogP contribution is 2.19. The molecule has 96 valence electrons. The summed E-state index contributed by atoms with van der Waals surface area (Å²) in [5.41, 5.74) is 0.108. The average molecular weight is 259 g/mol. The van der Waals surface area contributed by atoms with Gasteiger partial charge in [0.1, 0.15) is 6.54 Å². The van der Waals surface area contributed by atoms with Crippen molar-refractivity contribution >= 4 is 11.9 Å². The minimum absolute atomic E-state index is 0.161. The SMILES string of the molecule is O=C1Cn2c(ncc(F)c2=O)N1Cc1ccccc1. The average Bonchev–Trinajstić information content (AvgIpc) is 2.73. The summed E-state index contributed by atoms with van der Waals surface area (Å²) in [5, 5.41) is 0. The third kappa shape index (κ3) is 1.91. The summed E-state index contributed by atoms with van der Waals surface area (Å²) in [7, 11) is 0. The third-order valence-electron chi connectivity index (χ3n) is 3.00. The van der Waals surface area contributed by atoms with Gasteiger partial charge < -0.3 is 0 Å². The first-order valence-corrected chi connectivity index (χ1v) is 5.76. The van der Waals surface area contributed by atoms with Crippen LogP contribution >= 0.6 is 0 Å². The van der Waals surface area contributed by atoms with E-state index in [2.05, 4.69) is 4.98 Å². The summed E-state index contributed by atoms with van der Waals surface area (Å²) < 4.78 is 14.2. The Morgan fingerprint density at radius 3 is 2.68 bits per heavy atom. The van der Waals surface area contributed by atoms with Crippen molar-refractivity contribution < 1.29 is 9.18 Å². The smallest absolute Gasteiger partial charge is 0.276 e. The lowest BCUT2D eigenvalue weighted by atomic mass is 10.2. The molecule has 0 bridgehead atoms. The van der Waals surface area contributed by atoms with Crippen LogP contribution in [0.5, 0.6) is 0 Å². The van der Waals surface area contributed by atoms with Crippen molar-refractivity contribution in [1.82, 2.24) is 9.55 Å². The minimum atomic E-state index is -0.946. The molecule has 1 aromatic carbocycles. The fraction of sp³-hybridized carbons (Fsp3) is 0.154. The molecule has 1 aromatic heterocycles. The number of carbonyl (C=O) groups excluding carboxylic acids is 1. The second-order valence-corrected chi connectivity index (χ2v) is 4.26. The van der Waals surface area contributed by atoms with Crippen molar-refractivity contribution in [2.45, 2.75) is 13.1 Å². The molecule has 0 saturated carbocycles.